The van der Waals surface area contributed by atoms with Gasteiger partial charge in [0, 0.05) is 11.8 Å². The Morgan fingerprint density at radius 2 is 1.50 bits per heavy atom. The van der Waals surface area contributed by atoms with E-state index in [9.17, 15) is 4.79 Å². The lowest BCUT2D eigenvalue weighted by Gasteiger charge is -2.37. The molecule has 0 atom stereocenters. The van der Waals surface area contributed by atoms with Crippen molar-refractivity contribution in [3.63, 3.8) is 0 Å². The van der Waals surface area contributed by atoms with Crippen LogP contribution in [0.4, 0.5) is 0 Å². The van der Waals surface area contributed by atoms with E-state index in [-0.39, 0.29) is 5.41 Å². The highest BCUT2D eigenvalue weighted by molar-refractivity contribution is 5.95. The minimum absolute atomic E-state index is 0.0000411. The van der Waals surface area contributed by atoms with Crippen molar-refractivity contribution in [2.75, 3.05) is 0 Å². The highest BCUT2D eigenvalue weighted by Crippen LogP contribution is 2.44. The Morgan fingerprint density at radius 3 is 1.91 bits per heavy atom. The third-order valence-electron chi connectivity index (χ3n) is 4.85. The zero-order valence-corrected chi connectivity index (χ0v) is 13.1. The summed E-state index contributed by atoms with van der Waals surface area (Å²) in [7, 11) is 0. The van der Waals surface area contributed by atoms with Crippen molar-refractivity contribution >= 4 is 5.78 Å². The fourth-order valence-electron chi connectivity index (χ4n) is 3.54. The van der Waals surface area contributed by atoms with Crippen LogP contribution in [0.3, 0.4) is 0 Å². The van der Waals surface area contributed by atoms with Crippen LogP contribution < -0.4 is 0 Å². The molecule has 0 N–H and O–H groups in total. The molecule has 1 aliphatic rings. The number of hydrogen-bond acceptors (Lipinski definition) is 1. The number of Topliss-reactive ketones (excluding diaryl/α,β-unsaturated/α-hetero) is 1. The summed E-state index contributed by atoms with van der Waals surface area (Å²) < 4.78 is 0. The van der Waals surface area contributed by atoms with Crippen LogP contribution >= 0.6 is 0 Å². The number of carbonyl (C=O) groups is 1. The van der Waals surface area contributed by atoms with Crippen molar-refractivity contribution in [1.82, 2.24) is 0 Å². The summed E-state index contributed by atoms with van der Waals surface area (Å²) in [6.45, 7) is 1.94. The van der Waals surface area contributed by atoms with Crippen LogP contribution in [0.15, 0.2) is 72.3 Å². The first kappa shape index (κ1) is 14.8. The molecule has 0 radical (unpaired) electrons. The zero-order chi connectivity index (χ0) is 15.4. The topological polar surface area (TPSA) is 17.1 Å². The van der Waals surface area contributed by atoms with Gasteiger partial charge in [-0.2, -0.15) is 0 Å². The van der Waals surface area contributed by atoms with Gasteiger partial charge in [-0.05, 0) is 36.0 Å². The fourth-order valence-corrected chi connectivity index (χ4v) is 3.54. The maximum Gasteiger partial charge on any atom is 0.158 e. The van der Waals surface area contributed by atoms with E-state index in [1.54, 1.807) is 0 Å². The number of carbonyl (C=O) groups excluding carboxylic acids is 1. The molecule has 0 saturated carbocycles. The van der Waals surface area contributed by atoms with Gasteiger partial charge < -0.3 is 0 Å². The molecule has 0 unspecified atom stereocenters. The second-order valence-corrected chi connectivity index (χ2v) is 6.02. The van der Waals surface area contributed by atoms with Crippen LogP contribution in [-0.4, -0.2) is 5.78 Å². The lowest BCUT2D eigenvalue weighted by Crippen LogP contribution is -2.30. The van der Waals surface area contributed by atoms with Gasteiger partial charge in [-0.3, -0.25) is 4.79 Å². The molecule has 0 saturated heterocycles. The molecule has 112 valence electrons. The monoisotopic (exact) mass is 290 g/mol. The highest BCUT2D eigenvalue weighted by atomic mass is 16.1. The van der Waals surface area contributed by atoms with Crippen molar-refractivity contribution in [2.24, 2.45) is 0 Å². The van der Waals surface area contributed by atoms with Gasteiger partial charge in [-0.15, -0.1) is 0 Å². The fraction of sp³-hybridized carbons (Fsp3) is 0.286. The molecule has 2 aromatic carbocycles. The Labute approximate surface area is 132 Å². The molecule has 0 amide bonds. The van der Waals surface area contributed by atoms with Gasteiger partial charge in [0.2, 0.25) is 0 Å². The van der Waals surface area contributed by atoms with Crippen molar-refractivity contribution in [2.45, 2.75) is 38.0 Å². The highest BCUT2D eigenvalue weighted by Gasteiger charge is 2.36. The Balaban J connectivity index is 2.04. The van der Waals surface area contributed by atoms with E-state index in [1.807, 2.05) is 6.92 Å². The van der Waals surface area contributed by atoms with Gasteiger partial charge in [0.05, 0.1) is 0 Å². The smallest absolute Gasteiger partial charge is 0.158 e. The van der Waals surface area contributed by atoms with E-state index >= 15 is 0 Å². The predicted octanol–water partition coefficient (Wildman–Crippen LogP) is 5.06. The average Bonchev–Trinajstić information content (AvgIpc) is 2.62. The summed E-state index contributed by atoms with van der Waals surface area (Å²) >= 11 is 0. The van der Waals surface area contributed by atoms with Gasteiger partial charge in [0.1, 0.15) is 0 Å². The van der Waals surface area contributed by atoms with E-state index in [2.05, 4.69) is 66.7 Å². The quantitative estimate of drug-likeness (QED) is 0.769. The molecular formula is C21H22O. The molecule has 0 heterocycles. The molecule has 1 nitrogen and oxygen atoms in total. The van der Waals surface area contributed by atoms with Crippen molar-refractivity contribution in [1.29, 1.82) is 0 Å². The van der Waals surface area contributed by atoms with Crippen LogP contribution in [0.1, 0.15) is 43.7 Å². The Kier molecular flexibility index (Phi) is 4.24. The standard InChI is InChI=1S/C21H22O/c1-2-20(22)17-13-15-21(16-14-17,18-9-5-3-6-10-18)19-11-7-4-8-12-19/h3-13H,2,14-16H2,1H3. The number of rotatable bonds is 4. The first-order chi connectivity index (χ1) is 10.8. The SMILES string of the molecule is CCC(=O)C1=CCC(c2ccccc2)(c2ccccc2)CC1. The van der Waals surface area contributed by atoms with E-state index in [0.717, 1.165) is 24.8 Å². The average molecular weight is 290 g/mol. The third kappa shape index (κ3) is 2.64. The van der Waals surface area contributed by atoms with Crippen LogP contribution in [-0.2, 0) is 10.2 Å². The molecule has 1 aliphatic carbocycles. The Morgan fingerprint density at radius 1 is 0.955 bits per heavy atom. The van der Waals surface area contributed by atoms with Crippen LogP contribution in [0.5, 0.6) is 0 Å². The lowest BCUT2D eigenvalue weighted by molar-refractivity contribution is -0.115. The molecule has 0 bridgehead atoms. The first-order valence-corrected chi connectivity index (χ1v) is 8.09. The summed E-state index contributed by atoms with van der Waals surface area (Å²) in [5, 5.41) is 0. The summed E-state index contributed by atoms with van der Waals surface area (Å²) in [6, 6.07) is 21.4. The second-order valence-electron chi connectivity index (χ2n) is 6.02. The molecule has 0 fully saturated rings. The van der Waals surface area contributed by atoms with Gasteiger partial charge >= 0.3 is 0 Å². The van der Waals surface area contributed by atoms with Crippen molar-refractivity contribution in [3.05, 3.63) is 83.4 Å². The number of benzene rings is 2. The summed E-state index contributed by atoms with van der Waals surface area (Å²) in [5.41, 5.74) is 3.71. The Hall–Kier alpha value is -2.15. The summed E-state index contributed by atoms with van der Waals surface area (Å²) in [4.78, 5) is 12.0. The van der Waals surface area contributed by atoms with Crippen LogP contribution in [0, 0.1) is 0 Å². The maximum absolute atomic E-state index is 12.0. The van der Waals surface area contributed by atoms with Gasteiger partial charge in [-0.1, -0.05) is 73.7 Å². The molecule has 0 aliphatic heterocycles. The lowest BCUT2D eigenvalue weighted by atomic mass is 9.65. The molecule has 2 aromatic rings. The van der Waals surface area contributed by atoms with E-state index in [1.165, 1.54) is 11.1 Å². The van der Waals surface area contributed by atoms with Crippen LogP contribution in [0.25, 0.3) is 0 Å². The van der Waals surface area contributed by atoms with E-state index < -0.39 is 0 Å². The first-order valence-electron chi connectivity index (χ1n) is 8.09. The number of allylic oxidation sites excluding steroid dienone is 2. The van der Waals surface area contributed by atoms with Gasteiger partial charge in [0.25, 0.3) is 0 Å². The largest absolute Gasteiger partial charge is 0.295 e. The zero-order valence-electron chi connectivity index (χ0n) is 13.1. The number of ketones is 1. The summed E-state index contributed by atoms with van der Waals surface area (Å²) in [6.07, 6.45) is 5.56. The molecule has 1 heteroatoms. The molecule has 3 rings (SSSR count). The molecule has 0 spiro atoms. The minimum atomic E-state index is 0.0000411. The van der Waals surface area contributed by atoms with E-state index in [0.29, 0.717) is 12.2 Å². The minimum Gasteiger partial charge on any atom is -0.295 e. The van der Waals surface area contributed by atoms with Crippen LogP contribution in [0.2, 0.25) is 0 Å². The molecule has 0 aromatic heterocycles. The summed E-state index contributed by atoms with van der Waals surface area (Å²) in [5.74, 6) is 0.301. The third-order valence-corrected chi connectivity index (χ3v) is 4.85. The normalized spacial score (nSPS) is 16.9. The van der Waals surface area contributed by atoms with Crippen molar-refractivity contribution in [3.8, 4) is 0 Å². The molecular weight excluding hydrogens is 268 g/mol. The number of hydrogen-bond donors (Lipinski definition) is 0. The maximum atomic E-state index is 12.0. The van der Waals surface area contributed by atoms with Crippen molar-refractivity contribution < 1.29 is 4.79 Å². The second kappa shape index (κ2) is 6.31. The Bertz CT molecular complexity index is 628. The van der Waals surface area contributed by atoms with Gasteiger partial charge in [0.15, 0.2) is 5.78 Å². The molecule has 22 heavy (non-hydrogen) atoms. The van der Waals surface area contributed by atoms with Gasteiger partial charge in [-0.25, -0.2) is 0 Å². The van der Waals surface area contributed by atoms with E-state index in [4.69, 9.17) is 0 Å². The predicted molar refractivity (Wildman–Crippen MR) is 90.9 cm³/mol.